The molecular formula is C14H18F3N3O. The van der Waals surface area contributed by atoms with Gasteiger partial charge in [-0.2, -0.15) is 18.2 Å². The minimum absolute atomic E-state index is 0.0699. The average Bonchev–Trinajstić information content (AvgIpc) is 2.45. The number of hydrogen-bond acceptors (Lipinski definition) is 4. The second-order valence-electron chi connectivity index (χ2n) is 5.21. The number of rotatable bonds is 4. The topological polar surface area (TPSA) is 60.2 Å². The second-order valence-corrected chi connectivity index (χ2v) is 5.21. The first-order valence-corrected chi connectivity index (χ1v) is 6.74. The van der Waals surface area contributed by atoms with Gasteiger partial charge in [0.1, 0.15) is 5.82 Å². The van der Waals surface area contributed by atoms with Crippen molar-refractivity contribution in [2.75, 3.05) is 12.0 Å². The molecule has 0 fully saturated rings. The van der Waals surface area contributed by atoms with E-state index in [0.29, 0.717) is 12.5 Å². The van der Waals surface area contributed by atoms with E-state index >= 15 is 0 Å². The number of hydrogen-bond donors (Lipinski definition) is 2. The van der Waals surface area contributed by atoms with Gasteiger partial charge in [-0.05, 0) is 30.7 Å². The van der Waals surface area contributed by atoms with Gasteiger partial charge in [0.25, 0.3) is 0 Å². The molecule has 1 aliphatic carbocycles. The lowest BCUT2D eigenvalue weighted by molar-refractivity contribution is -0.137. The van der Waals surface area contributed by atoms with E-state index in [0.717, 1.165) is 25.0 Å². The molecule has 1 aromatic rings. The van der Waals surface area contributed by atoms with Crippen molar-refractivity contribution < 1.29 is 17.9 Å². The molecule has 7 heteroatoms. The highest BCUT2D eigenvalue weighted by Gasteiger charge is 2.32. The van der Waals surface area contributed by atoms with E-state index in [-0.39, 0.29) is 17.6 Å². The number of anilines is 1. The number of pyridine rings is 1. The minimum Gasteiger partial charge on any atom is -0.477 e. The predicted molar refractivity (Wildman–Crippen MR) is 73.6 cm³/mol. The van der Waals surface area contributed by atoms with Gasteiger partial charge in [-0.1, -0.05) is 19.1 Å². The van der Waals surface area contributed by atoms with E-state index in [1.165, 1.54) is 0 Å². The van der Waals surface area contributed by atoms with Crippen LogP contribution in [0.1, 0.15) is 25.3 Å². The maximum Gasteiger partial charge on any atom is 0.416 e. The van der Waals surface area contributed by atoms with Crippen molar-refractivity contribution in [3.8, 4) is 5.88 Å². The van der Waals surface area contributed by atoms with E-state index in [9.17, 15) is 13.2 Å². The Labute approximate surface area is 121 Å². The smallest absolute Gasteiger partial charge is 0.416 e. The number of nitrogens with one attached hydrogen (secondary N) is 1. The van der Waals surface area contributed by atoms with Crippen LogP contribution in [-0.4, -0.2) is 11.6 Å². The second kappa shape index (κ2) is 6.34. The SMILES string of the molecule is CC1CC=CCC1COc1cc(C(F)(F)F)cc(NN)n1. The minimum atomic E-state index is -4.46. The molecule has 4 nitrogen and oxygen atoms in total. The molecule has 0 spiro atoms. The Bertz CT molecular complexity index is 517. The fourth-order valence-corrected chi connectivity index (χ4v) is 2.25. The molecule has 2 unspecified atom stereocenters. The predicted octanol–water partition coefficient (Wildman–Crippen LogP) is 3.37. The van der Waals surface area contributed by atoms with Crippen molar-refractivity contribution >= 4 is 5.82 Å². The molecule has 21 heavy (non-hydrogen) atoms. The summed E-state index contributed by atoms with van der Waals surface area (Å²) in [5.41, 5.74) is 1.29. The number of aromatic nitrogens is 1. The lowest BCUT2D eigenvalue weighted by atomic mass is 9.85. The number of hydrazine groups is 1. The molecule has 0 aromatic carbocycles. The van der Waals surface area contributed by atoms with Crippen molar-refractivity contribution in [1.29, 1.82) is 0 Å². The first-order chi connectivity index (χ1) is 9.90. The summed E-state index contributed by atoms with van der Waals surface area (Å²) in [5.74, 6) is 5.72. The zero-order valence-corrected chi connectivity index (χ0v) is 11.7. The summed E-state index contributed by atoms with van der Waals surface area (Å²) in [6, 6.07) is 1.74. The summed E-state index contributed by atoms with van der Waals surface area (Å²) in [6.07, 6.45) is 1.54. The van der Waals surface area contributed by atoms with Crippen LogP contribution in [0.25, 0.3) is 0 Å². The van der Waals surface area contributed by atoms with Crippen LogP contribution in [0, 0.1) is 11.8 Å². The van der Waals surface area contributed by atoms with Gasteiger partial charge < -0.3 is 10.2 Å². The fourth-order valence-electron chi connectivity index (χ4n) is 2.25. The maximum absolute atomic E-state index is 12.8. The number of nitrogen functional groups attached to an aromatic ring is 1. The monoisotopic (exact) mass is 301 g/mol. The van der Waals surface area contributed by atoms with Gasteiger partial charge >= 0.3 is 6.18 Å². The molecule has 1 heterocycles. The van der Waals surface area contributed by atoms with Crippen molar-refractivity contribution in [1.82, 2.24) is 4.98 Å². The first kappa shape index (κ1) is 15.6. The third-order valence-corrected chi connectivity index (χ3v) is 3.64. The first-order valence-electron chi connectivity index (χ1n) is 6.74. The highest BCUT2D eigenvalue weighted by Crippen LogP contribution is 2.33. The molecule has 1 aliphatic rings. The van der Waals surface area contributed by atoms with Gasteiger partial charge in [-0.3, -0.25) is 0 Å². The number of nitrogens with zero attached hydrogens (tertiary/aromatic N) is 1. The van der Waals surface area contributed by atoms with Crippen molar-refractivity contribution in [2.45, 2.75) is 25.9 Å². The summed E-state index contributed by atoms with van der Waals surface area (Å²) < 4.78 is 43.8. The summed E-state index contributed by atoms with van der Waals surface area (Å²) in [6.45, 7) is 2.44. The number of allylic oxidation sites excluding steroid dienone is 2. The molecular weight excluding hydrogens is 283 g/mol. The van der Waals surface area contributed by atoms with Crippen LogP contribution in [0.15, 0.2) is 24.3 Å². The lowest BCUT2D eigenvalue weighted by Crippen LogP contribution is -2.22. The molecule has 2 atom stereocenters. The highest BCUT2D eigenvalue weighted by atomic mass is 19.4. The Kier molecular flexibility index (Phi) is 4.72. The van der Waals surface area contributed by atoms with Crippen LogP contribution in [0.2, 0.25) is 0 Å². The van der Waals surface area contributed by atoms with Crippen LogP contribution in [0.3, 0.4) is 0 Å². The molecule has 0 bridgehead atoms. The van der Waals surface area contributed by atoms with Gasteiger partial charge in [0.05, 0.1) is 12.2 Å². The molecule has 3 N–H and O–H groups in total. The number of nitrogens with two attached hydrogens (primary N) is 1. The molecule has 1 aromatic heterocycles. The van der Waals surface area contributed by atoms with Crippen molar-refractivity contribution in [2.24, 2.45) is 17.7 Å². The maximum atomic E-state index is 12.8. The zero-order chi connectivity index (χ0) is 15.5. The standard InChI is InChI=1S/C14H18F3N3O/c1-9-4-2-3-5-10(9)8-21-13-7-11(14(15,16)17)6-12(19-13)20-18/h2-3,6-7,9-10H,4-5,8,18H2,1H3,(H,19,20). The Morgan fingerprint density at radius 3 is 2.67 bits per heavy atom. The highest BCUT2D eigenvalue weighted by molar-refractivity contribution is 5.41. The van der Waals surface area contributed by atoms with Crippen molar-refractivity contribution in [3.05, 3.63) is 29.8 Å². The van der Waals surface area contributed by atoms with E-state index < -0.39 is 11.7 Å². The molecule has 0 saturated heterocycles. The molecule has 0 amide bonds. The van der Waals surface area contributed by atoms with Crippen LogP contribution in [-0.2, 0) is 6.18 Å². The lowest BCUT2D eigenvalue weighted by Gasteiger charge is -2.25. The van der Waals surface area contributed by atoms with E-state index in [1.807, 2.05) is 0 Å². The summed E-state index contributed by atoms with van der Waals surface area (Å²) in [4.78, 5) is 3.90. The number of ether oxygens (including phenoxy) is 1. The Morgan fingerprint density at radius 2 is 2.05 bits per heavy atom. The third kappa shape index (κ3) is 4.10. The summed E-state index contributed by atoms with van der Waals surface area (Å²) in [7, 11) is 0. The van der Waals surface area contributed by atoms with E-state index in [4.69, 9.17) is 10.6 Å². The molecule has 0 saturated carbocycles. The van der Waals surface area contributed by atoms with Crippen LogP contribution in [0.4, 0.5) is 19.0 Å². The van der Waals surface area contributed by atoms with Gasteiger partial charge in [0.15, 0.2) is 0 Å². The summed E-state index contributed by atoms with van der Waals surface area (Å²) in [5, 5.41) is 0. The van der Waals surface area contributed by atoms with Gasteiger partial charge in [-0.15, -0.1) is 0 Å². The summed E-state index contributed by atoms with van der Waals surface area (Å²) >= 11 is 0. The number of alkyl halides is 3. The van der Waals surface area contributed by atoms with E-state index in [1.54, 1.807) is 0 Å². The van der Waals surface area contributed by atoms with Crippen LogP contribution < -0.4 is 16.0 Å². The van der Waals surface area contributed by atoms with E-state index in [2.05, 4.69) is 29.5 Å². The quantitative estimate of drug-likeness (QED) is 0.508. The molecule has 0 radical (unpaired) electrons. The van der Waals surface area contributed by atoms with Crippen LogP contribution >= 0.6 is 0 Å². The number of halogens is 3. The van der Waals surface area contributed by atoms with Gasteiger partial charge in [0, 0.05) is 6.07 Å². The third-order valence-electron chi connectivity index (χ3n) is 3.64. The zero-order valence-electron chi connectivity index (χ0n) is 11.7. The average molecular weight is 301 g/mol. The Balaban J connectivity index is 2.10. The Morgan fingerprint density at radius 1 is 1.33 bits per heavy atom. The normalized spacial score (nSPS) is 22.1. The largest absolute Gasteiger partial charge is 0.477 e. The Hall–Kier alpha value is -1.76. The molecule has 116 valence electrons. The van der Waals surface area contributed by atoms with Crippen molar-refractivity contribution in [3.63, 3.8) is 0 Å². The van der Waals surface area contributed by atoms with Gasteiger partial charge in [0.2, 0.25) is 5.88 Å². The molecule has 2 rings (SSSR count). The fraction of sp³-hybridized carbons (Fsp3) is 0.500. The molecule has 0 aliphatic heterocycles. The van der Waals surface area contributed by atoms with Crippen LogP contribution in [0.5, 0.6) is 5.88 Å². The van der Waals surface area contributed by atoms with Gasteiger partial charge in [-0.25, -0.2) is 5.84 Å².